The highest BCUT2D eigenvalue weighted by Gasteiger charge is 2.30. The fourth-order valence-electron chi connectivity index (χ4n) is 3.07. The minimum absolute atomic E-state index is 0.0381. The largest absolute Gasteiger partial charge is 0.503 e. The van der Waals surface area contributed by atoms with Gasteiger partial charge in [-0.05, 0) is 41.8 Å². The van der Waals surface area contributed by atoms with Crippen LogP contribution < -0.4 is 10.5 Å². The van der Waals surface area contributed by atoms with E-state index >= 15 is 0 Å². The first-order valence-electron chi connectivity index (χ1n) is 7.47. The quantitative estimate of drug-likeness (QED) is 0.588. The van der Waals surface area contributed by atoms with Crippen molar-refractivity contribution >= 4 is 21.6 Å². The SMILES string of the molecule is NS(=O)(=O)c1ccc(C2CNCCc3c(F)c(O)c(O)c(Cl)c32)cc1. The van der Waals surface area contributed by atoms with Crippen LogP contribution in [0.3, 0.4) is 0 Å². The fraction of sp³-hybridized carbons (Fsp3) is 0.250. The lowest BCUT2D eigenvalue weighted by molar-refractivity contribution is 0.376. The van der Waals surface area contributed by atoms with Gasteiger partial charge in [-0.2, -0.15) is 0 Å². The zero-order valence-corrected chi connectivity index (χ0v) is 14.5. The summed E-state index contributed by atoms with van der Waals surface area (Å²) >= 11 is 6.19. The first kappa shape index (κ1) is 17.9. The number of benzene rings is 2. The van der Waals surface area contributed by atoms with Crippen LogP contribution >= 0.6 is 11.6 Å². The number of primary sulfonamides is 1. The van der Waals surface area contributed by atoms with E-state index in [1.165, 1.54) is 12.1 Å². The van der Waals surface area contributed by atoms with E-state index in [4.69, 9.17) is 16.7 Å². The minimum atomic E-state index is -3.82. The predicted octanol–water partition coefficient (Wildman–Crippen LogP) is 1.82. The summed E-state index contributed by atoms with van der Waals surface area (Å²) in [5.74, 6) is -2.90. The Morgan fingerprint density at radius 2 is 1.84 bits per heavy atom. The van der Waals surface area contributed by atoms with Crippen molar-refractivity contribution in [3.8, 4) is 11.5 Å². The molecule has 3 rings (SSSR count). The van der Waals surface area contributed by atoms with Crippen LogP contribution in [0.25, 0.3) is 0 Å². The van der Waals surface area contributed by atoms with E-state index in [9.17, 15) is 23.0 Å². The third-order valence-electron chi connectivity index (χ3n) is 4.33. The van der Waals surface area contributed by atoms with Crippen molar-refractivity contribution in [3.63, 3.8) is 0 Å². The van der Waals surface area contributed by atoms with Crippen LogP contribution in [0.4, 0.5) is 4.39 Å². The molecule has 1 atom stereocenters. The van der Waals surface area contributed by atoms with Crippen LogP contribution in [0.1, 0.15) is 22.6 Å². The predicted molar refractivity (Wildman–Crippen MR) is 91.0 cm³/mol. The minimum Gasteiger partial charge on any atom is -0.503 e. The molecule has 1 aliphatic heterocycles. The second kappa shape index (κ2) is 6.45. The first-order chi connectivity index (χ1) is 11.7. The van der Waals surface area contributed by atoms with E-state index in [1.54, 1.807) is 12.1 Å². The van der Waals surface area contributed by atoms with Crippen molar-refractivity contribution in [2.24, 2.45) is 5.14 Å². The first-order valence-corrected chi connectivity index (χ1v) is 9.39. The Hall–Kier alpha value is -1.87. The summed E-state index contributed by atoms with van der Waals surface area (Å²) in [4.78, 5) is -0.0381. The zero-order chi connectivity index (χ0) is 18.4. The van der Waals surface area contributed by atoms with Gasteiger partial charge in [0.1, 0.15) is 0 Å². The zero-order valence-electron chi connectivity index (χ0n) is 13.0. The molecule has 2 aromatic carbocycles. The standard InChI is InChI=1S/C16H16ClFN2O4S/c17-13-12-10(14(18)16(22)15(13)21)5-6-20-7-11(12)8-1-3-9(4-2-8)25(19,23)24/h1-4,11,20-22H,5-7H2,(H2,19,23,24). The molecule has 1 heterocycles. The van der Waals surface area contributed by atoms with Crippen LogP contribution in [0.2, 0.25) is 5.02 Å². The highest BCUT2D eigenvalue weighted by Crippen LogP contribution is 2.45. The number of halogens is 2. The molecule has 0 aliphatic carbocycles. The summed E-state index contributed by atoms with van der Waals surface area (Å²) in [5, 5.41) is 27.8. The van der Waals surface area contributed by atoms with Gasteiger partial charge >= 0.3 is 0 Å². The maximum absolute atomic E-state index is 14.4. The second-order valence-electron chi connectivity index (χ2n) is 5.84. The molecular formula is C16H16ClFN2O4S. The van der Waals surface area contributed by atoms with Crippen LogP contribution in [-0.4, -0.2) is 31.7 Å². The Morgan fingerprint density at radius 3 is 2.44 bits per heavy atom. The Balaban J connectivity index is 2.17. The fourth-order valence-corrected chi connectivity index (χ4v) is 3.92. The van der Waals surface area contributed by atoms with Gasteiger partial charge in [0.2, 0.25) is 10.0 Å². The van der Waals surface area contributed by atoms with Crippen molar-refractivity contribution in [3.05, 3.63) is 51.8 Å². The maximum Gasteiger partial charge on any atom is 0.238 e. The highest BCUT2D eigenvalue weighted by atomic mass is 35.5. The third-order valence-corrected chi connectivity index (χ3v) is 5.64. The number of nitrogens with two attached hydrogens (primary N) is 1. The molecule has 6 nitrogen and oxygen atoms in total. The van der Waals surface area contributed by atoms with Gasteiger partial charge in [-0.15, -0.1) is 0 Å². The number of phenolic OH excluding ortho intramolecular Hbond substituents is 2. The molecule has 0 radical (unpaired) electrons. The molecule has 5 N–H and O–H groups in total. The van der Waals surface area contributed by atoms with E-state index in [0.717, 1.165) is 0 Å². The summed E-state index contributed by atoms with van der Waals surface area (Å²) in [6.45, 7) is 0.876. The van der Waals surface area contributed by atoms with E-state index in [0.29, 0.717) is 30.6 Å². The molecule has 9 heteroatoms. The second-order valence-corrected chi connectivity index (χ2v) is 7.78. The monoisotopic (exact) mass is 386 g/mol. The lowest BCUT2D eigenvalue weighted by Gasteiger charge is -2.21. The van der Waals surface area contributed by atoms with Gasteiger partial charge in [-0.1, -0.05) is 23.7 Å². The number of hydrogen-bond acceptors (Lipinski definition) is 5. The summed E-state index contributed by atoms with van der Waals surface area (Å²) in [5.41, 5.74) is 1.28. The van der Waals surface area contributed by atoms with Gasteiger partial charge in [-0.3, -0.25) is 0 Å². The summed E-state index contributed by atoms with van der Waals surface area (Å²) < 4.78 is 37.2. The molecular weight excluding hydrogens is 371 g/mol. The molecule has 0 spiro atoms. The Kier molecular flexibility index (Phi) is 4.63. The van der Waals surface area contributed by atoms with Crippen LogP contribution in [0, 0.1) is 5.82 Å². The molecule has 2 aromatic rings. The number of fused-ring (bicyclic) bond motifs is 1. The van der Waals surface area contributed by atoms with Gasteiger partial charge in [-0.25, -0.2) is 17.9 Å². The van der Waals surface area contributed by atoms with E-state index in [2.05, 4.69) is 5.32 Å². The molecule has 0 fully saturated rings. The van der Waals surface area contributed by atoms with Crippen molar-refractivity contribution in [2.75, 3.05) is 13.1 Å². The van der Waals surface area contributed by atoms with Gasteiger partial charge in [0.15, 0.2) is 17.3 Å². The van der Waals surface area contributed by atoms with Gasteiger partial charge in [0, 0.05) is 12.5 Å². The molecule has 0 saturated heterocycles. The number of aromatic hydroxyl groups is 2. The molecule has 0 saturated carbocycles. The summed E-state index contributed by atoms with van der Waals surface area (Å²) in [6.07, 6.45) is 0.292. The molecule has 25 heavy (non-hydrogen) atoms. The average Bonchev–Trinajstić information content (AvgIpc) is 2.80. The maximum atomic E-state index is 14.4. The molecule has 0 bridgehead atoms. The lowest BCUT2D eigenvalue weighted by Crippen LogP contribution is -2.21. The highest BCUT2D eigenvalue weighted by molar-refractivity contribution is 7.89. The van der Waals surface area contributed by atoms with Gasteiger partial charge < -0.3 is 15.5 Å². The Labute approximate surface area is 149 Å². The smallest absolute Gasteiger partial charge is 0.238 e. The lowest BCUT2D eigenvalue weighted by atomic mass is 9.87. The van der Waals surface area contributed by atoms with Crippen molar-refractivity contribution in [2.45, 2.75) is 17.2 Å². The number of rotatable bonds is 2. The molecule has 1 unspecified atom stereocenters. The van der Waals surface area contributed by atoms with Crippen molar-refractivity contribution < 1.29 is 23.0 Å². The average molecular weight is 387 g/mol. The number of phenols is 2. The van der Waals surface area contributed by atoms with E-state index in [1.807, 2.05) is 0 Å². The number of nitrogens with one attached hydrogen (secondary N) is 1. The van der Waals surface area contributed by atoms with Gasteiger partial charge in [0.25, 0.3) is 0 Å². The van der Waals surface area contributed by atoms with Crippen LogP contribution in [-0.2, 0) is 16.4 Å². The summed E-state index contributed by atoms with van der Waals surface area (Å²) in [7, 11) is -3.82. The Morgan fingerprint density at radius 1 is 1.20 bits per heavy atom. The topological polar surface area (TPSA) is 113 Å². The molecule has 134 valence electrons. The number of sulfonamides is 1. The number of hydrogen-bond donors (Lipinski definition) is 4. The molecule has 0 amide bonds. The van der Waals surface area contributed by atoms with Crippen LogP contribution in [0.5, 0.6) is 11.5 Å². The van der Waals surface area contributed by atoms with E-state index in [-0.39, 0.29) is 15.5 Å². The van der Waals surface area contributed by atoms with Crippen molar-refractivity contribution in [1.29, 1.82) is 0 Å². The van der Waals surface area contributed by atoms with E-state index < -0.39 is 33.3 Å². The molecule has 1 aliphatic rings. The molecule has 0 aromatic heterocycles. The third kappa shape index (κ3) is 3.18. The summed E-state index contributed by atoms with van der Waals surface area (Å²) in [6, 6.07) is 5.86. The Bertz CT molecular complexity index is 932. The van der Waals surface area contributed by atoms with Crippen molar-refractivity contribution in [1.82, 2.24) is 5.32 Å². The van der Waals surface area contributed by atoms with Gasteiger partial charge in [0.05, 0.1) is 9.92 Å². The normalized spacial score (nSPS) is 17.8. The van der Waals surface area contributed by atoms with Crippen LogP contribution in [0.15, 0.2) is 29.2 Å².